The van der Waals surface area contributed by atoms with Crippen molar-refractivity contribution >= 4 is 23.0 Å². The van der Waals surface area contributed by atoms with Crippen LogP contribution < -0.4 is 5.32 Å². The summed E-state index contributed by atoms with van der Waals surface area (Å²) in [6.45, 7) is 2.16. The van der Waals surface area contributed by atoms with E-state index in [0.29, 0.717) is 16.8 Å². The largest absolute Gasteiger partial charge is 0.349 e. The van der Waals surface area contributed by atoms with Crippen molar-refractivity contribution in [2.45, 2.75) is 18.9 Å². The van der Waals surface area contributed by atoms with E-state index in [4.69, 9.17) is 12.2 Å². The zero-order valence-corrected chi connectivity index (χ0v) is 12.2. The summed E-state index contributed by atoms with van der Waals surface area (Å²) in [7, 11) is 4.11. The normalized spacial score (nSPS) is 17.2. The highest BCUT2D eigenvalue weighted by molar-refractivity contribution is 7.80. The molecule has 19 heavy (non-hydrogen) atoms. The monoisotopic (exact) mass is 281 g/mol. The molecule has 1 aromatic rings. The lowest BCUT2D eigenvalue weighted by atomic mass is 10.0. The van der Waals surface area contributed by atoms with Crippen molar-refractivity contribution < 1.29 is 4.39 Å². The van der Waals surface area contributed by atoms with Gasteiger partial charge in [-0.2, -0.15) is 0 Å². The van der Waals surface area contributed by atoms with Crippen LogP contribution >= 0.6 is 12.2 Å². The lowest BCUT2D eigenvalue weighted by Gasteiger charge is -2.36. The zero-order valence-electron chi connectivity index (χ0n) is 11.4. The molecule has 1 fully saturated rings. The third-order valence-corrected chi connectivity index (χ3v) is 4.06. The fourth-order valence-electron chi connectivity index (χ4n) is 2.31. The van der Waals surface area contributed by atoms with E-state index in [0.717, 1.165) is 25.9 Å². The minimum atomic E-state index is -0.276. The van der Waals surface area contributed by atoms with Crippen LogP contribution in [0.3, 0.4) is 0 Å². The van der Waals surface area contributed by atoms with Crippen molar-refractivity contribution in [2.24, 2.45) is 0 Å². The van der Waals surface area contributed by atoms with Gasteiger partial charge in [0.05, 0.1) is 5.69 Å². The summed E-state index contributed by atoms with van der Waals surface area (Å²) in [6.07, 6.45) is 2.18. The van der Waals surface area contributed by atoms with Crippen LogP contribution in [0.4, 0.5) is 10.1 Å². The van der Waals surface area contributed by atoms with Gasteiger partial charge in [0, 0.05) is 13.1 Å². The molecule has 0 aliphatic carbocycles. The second-order valence-corrected chi connectivity index (χ2v) is 5.44. The Bertz CT molecular complexity index is 444. The molecule has 5 heteroatoms. The Hall–Kier alpha value is -1.20. The molecule has 0 aromatic heterocycles. The first kappa shape index (κ1) is 14.2. The molecule has 0 saturated carbocycles. The van der Waals surface area contributed by atoms with Crippen LogP contribution in [0.15, 0.2) is 24.3 Å². The standard InChI is InChI=1S/C14H20FN3S/c1-17-9-7-11(8-10-17)18(2)14(19)16-13-6-4-3-5-12(13)15/h3-6,11H,7-10H2,1-2H3,(H,16,19). The topological polar surface area (TPSA) is 18.5 Å². The summed E-state index contributed by atoms with van der Waals surface area (Å²) in [5.41, 5.74) is 0.437. The molecular weight excluding hydrogens is 261 g/mol. The molecular formula is C14H20FN3S. The fraction of sp³-hybridized carbons (Fsp3) is 0.500. The van der Waals surface area contributed by atoms with E-state index in [1.54, 1.807) is 18.2 Å². The molecule has 1 N–H and O–H groups in total. The van der Waals surface area contributed by atoms with Crippen molar-refractivity contribution in [3.05, 3.63) is 30.1 Å². The van der Waals surface area contributed by atoms with E-state index in [1.807, 2.05) is 7.05 Å². The first-order valence-corrected chi connectivity index (χ1v) is 6.95. The van der Waals surface area contributed by atoms with Crippen molar-refractivity contribution in [1.82, 2.24) is 9.80 Å². The number of thiocarbonyl (C=S) groups is 1. The quantitative estimate of drug-likeness (QED) is 0.839. The summed E-state index contributed by atoms with van der Waals surface area (Å²) in [4.78, 5) is 4.37. The van der Waals surface area contributed by atoms with Crippen molar-refractivity contribution in [1.29, 1.82) is 0 Å². The zero-order chi connectivity index (χ0) is 13.8. The van der Waals surface area contributed by atoms with E-state index in [2.05, 4.69) is 22.2 Å². The SMILES string of the molecule is CN1CCC(N(C)C(=S)Nc2ccccc2F)CC1. The maximum atomic E-state index is 13.6. The molecule has 104 valence electrons. The van der Waals surface area contributed by atoms with Gasteiger partial charge in [-0.1, -0.05) is 12.1 Å². The van der Waals surface area contributed by atoms with E-state index in [1.165, 1.54) is 6.07 Å². The number of anilines is 1. The van der Waals surface area contributed by atoms with Crippen LogP contribution in [0.2, 0.25) is 0 Å². The fourth-order valence-corrected chi connectivity index (χ4v) is 2.57. The number of halogens is 1. The second-order valence-electron chi connectivity index (χ2n) is 5.06. The molecule has 0 radical (unpaired) electrons. The van der Waals surface area contributed by atoms with Gasteiger partial charge in [0.2, 0.25) is 0 Å². The second kappa shape index (κ2) is 6.30. The summed E-state index contributed by atoms with van der Waals surface area (Å²) in [5.74, 6) is -0.276. The number of nitrogens with zero attached hydrogens (tertiary/aromatic N) is 2. The van der Waals surface area contributed by atoms with E-state index in [-0.39, 0.29) is 5.82 Å². The first-order chi connectivity index (χ1) is 9.08. The Labute approximate surface area is 119 Å². The van der Waals surface area contributed by atoms with Crippen LogP contribution in [0.25, 0.3) is 0 Å². The smallest absolute Gasteiger partial charge is 0.173 e. The average Bonchev–Trinajstić information content (AvgIpc) is 2.41. The number of para-hydroxylation sites is 1. The van der Waals surface area contributed by atoms with Crippen LogP contribution in [-0.4, -0.2) is 48.1 Å². The lowest BCUT2D eigenvalue weighted by molar-refractivity contribution is 0.193. The molecule has 0 spiro atoms. The maximum absolute atomic E-state index is 13.6. The summed E-state index contributed by atoms with van der Waals surface area (Å²) >= 11 is 5.36. The van der Waals surface area contributed by atoms with Crippen molar-refractivity contribution in [3.8, 4) is 0 Å². The highest BCUT2D eigenvalue weighted by atomic mass is 32.1. The van der Waals surface area contributed by atoms with Gasteiger partial charge in [-0.15, -0.1) is 0 Å². The molecule has 1 aliphatic heterocycles. The summed E-state index contributed by atoms with van der Waals surface area (Å²) < 4.78 is 13.6. The number of likely N-dealkylation sites (tertiary alicyclic amines) is 1. The molecule has 3 nitrogen and oxygen atoms in total. The van der Waals surface area contributed by atoms with Crippen molar-refractivity contribution in [3.63, 3.8) is 0 Å². The predicted molar refractivity (Wildman–Crippen MR) is 80.9 cm³/mol. The predicted octanol–water partition coefficient (Wildman–Crippen LogP) is 2.55. The third-order valence-electron chi connectivity index (χ3n) is 3.67. The Morgan fingerprint density at radius 1 is 1.37 bits per heavy atom. The number of hydrogen-bond donors (Lipinski definition) is 1. The van der Waals surface area contributed by atoms with Crippen LogP contribution in [0, 0.1) is 5.82 Å². The van der Waals surface area contributed by atoms with Gasteiger partial charge in [-0.25, -0.2) is 4.39 Å². The molecule has 1 aliphatic rings. The molecule has 0 atom stereocenters. The van der Waals surface area contributed by atoms with Gasteiger partial charge >= 0.3 is 0 Å². The molecule has 0 unspecified atom stereocenters. The maximum Gasteiger partial charge on any atom is 0.173 e. The van der Waals surface area contributed by atoms with Gasteiger partial charge in [0.15, 0.2) is 5.11 Å². The van der Waals surface area contributed by atoms with Gasteiger partial charge in [0.25, 0.3) is 0 Å². The van der Waals surface area contributed by atoms with Gasteiger partial charge in [0.1, 0.15) is 5.82 Å². The van der Waals surface area contributed by atoms with E-state index in [9.17, 15) is 4.39 Å². The Morgan fingerprint density at radius 2 is 2.00 bits per heavy atom. The Kier molecular flexibility index (Phi) is 4.71. The average molecular weight is 281 g/mol. The van der Waals surface area contributed by atoms with Gasteiger partial charge in [-0.3, -0.25) is 0 Å². The molecule has 1 heterocycles. The minimum Gasteiger partial charge on any atom is -0.349 e. The molecule has 0 amide bonds. The first-order valence-electron chi connectivity index (χ1n) is 6.55. The summed E-state index contributed by atoms with van der Waals surface area (Å²) in [5, 5.41) is 3.57. The molecule has 0 bridgehead atoms. The number of piperidine rings is 1. The van der Waals surface area contributed by atoms with Crippen LogP contribution in [0.5, 0.6) is 0 Å². The lowest BCUT2D eigenvalue weighted by Crippen LogP contribution is -2.45. The molecule has 1 saturated heterocycles. The highest BCUT2D eigenvalue weighted by Crippen LogP contribution is 2.17. The summed E-state index contributed by atoms with van der Waals surface area (Å²) in [6, 6.07) is 7.03. The van der Waals surface area contributed by atoms with E-state index < -0.39 is 0 Å². The van der Waals surface area contributed by atoms with Crippen LogP contribution in [-0.2, 0) is 0 Å². The van der Waals surface area contributed by atoms with Crippen LogP contribution in [0.1, 0.15) is 12.8 Å². The van der Waals surface area contributed by atoms with E-state index >= 15 is 0 Å². The third kappa shape index (κ3) is 3.64. The number of benzene rings is 1. The molecule has 1 aromatic carbocycles. The van der Waals surface area contributed by atoms with Gasteiger partial charge in [-0.05, 0) is 57.3 Å². The Balaban J connectivity index is 1.94. The van der Waals surface area contributed by atoms with Gasteiger partial charge < -0.3 is 15.1 Å². The minimum absolute atomic E-state index is 0.276. The molecule has 2 rings (SSSR count). The number of rotatable bonds is 2. The van der Waals surface area contributed by atoms with Crippen molar-refractivity contribution in [2.75, 3.05) is 32.5 Å². The number of nitrogens with one attached hydrogen (secondary N) is 1. The Morgan fingerprint density at radius 3 is 2.63 bits per heavy atom. The number of hydrogen-bond acceptors (Lipinski definition) is 2. The highest BCUT2D eigenvalue weighted by Gasteiger charge is 2.22.